The monoisotopic (exact) mass is 181 g/mol. The van der Waals surface area contributed by atoms with Crippen LogP contribution in [0.3, 0.4) is 0 Å². The third-order valence-electron chi connectivity index (χ3n) is 1.80. The van der Waals surface area contributed by atoms with Crippen LogP contribution < -0.4 is 5.32 Å². The first-order valence-corrected chi connectivity index (χ1v) is 3.69. The average Bonchev–Trinajstić information content (AvgIpc) is 2.40. The standard InChI is InChI=1S/C7H10F3NO/c1-6(2-3-6)11-5(12)4-7(8,9)10/h2-4H2,1H3,(H,11,12). The van der Waals surface area contributed by atoms with Gasteiger partial charge in [-0.2, -0.15) is 13.2 Å². The van der Waals surface area contributed by atoms with E-state index in [0.717, 1.165) is 12.8 Å². The Morgan fingerprint density at radius 2 is 2.00 bits per heavy atom. The highest BCUT2D eigenvalue weighted by Gasteiger charge is 2.41. The molecule has 1 aliphatic rings. The van der Waals surface area contributed by atoms with Crippen LogP contribution in [0.15, 0.2) is 0 Å². The van der Waals surface area contributed by atoms with Gasteiger partial charge in [0.1, 0.15) is 6.42 Å². The molecule has 0 aromatic carbocycles. The minimum atomic E-state index is -4.39. The lowest BCUT2D eigenvalue weighted by molar-refractivity contribution is -0.154. The molecule has 1 fully saturated rings. The van der Waals surface area contributed by atoms with E-state index >= 15 is 0 Å². The molecule has 0 heterocycles. The zero-order chi connectivity index (χ0) is 9.41. The van der Waals surface area contributed by atoms with Crippen LogP contribution in [0.4, 0.5) is 13.2 Å². The molecule has 1 amide bonds. The molecule has 0 aromatic heterocycles. The first-order chi connectivity index (χ1) is 5.31. The van der Waals surface area contributed by atoms with Gasteiger partial charge >= 0.3 is 6.18 Å². The van der Waals surface area contributed by atoms with Gasteiger partial charge in [-0.15, -0.1) is 0 Å². The molecular formula is C7H10F3NO. The van der Waals surface area contributed by atoms with E-state index in [1.807, 2.05) is 0 Å². The van der Waals surface area contributed by atoms with E-state index in [9.17, 15) is 18.0 Å². The predicted molar refractivity (Wildman–Crippen MR) is 36.5 cm³/mol. The van der Waals surface area contributed by atoms with Gasteiger partial charge in [0, 0.05) is 5.54 Å². The topological polar surface area (TPSA) is 29.1 Å². The number of nitrogens with one attached hydrogen (secondary N) is 1. The molecule has 5 heteroatoms. The van der Waals surface area contributed by atoms with Crippen LogP contribution in [0.1, 0.15) is 26.2 Å². The molecule has 1 aliphatic carbocycles. The van der Waals surface area contributed by atoms with Gasteiger partial charge in [-0.3, -0.25) is 4.79 Å². The van der Waals surface area contributed by atoms with Crippen molar-refractivity contribution in [2.75, 3.05) is 0 Å². The summed E-state index contributed by atoms with van der Waals surface area (Å²) in [5, 5.41) is 2.33. The van der Waals surface area contributed by atoms with Crippen LogP contribution in [0.5, 0.6) is 0 Å². The van der Waals surface area contributed by atoms with Gasteiger partial charge in [-0.1, -0.05) is 0 Å². The number of halogens is 3. The summed E-state index contributed by atoms with van der Waals surface area (Å²) in [5.41, 5.74) is -0.359. The van der Waals surface area contributed by atoms with Gasteiger partial charge in [-0.05, 0) is 19.8 Å². The van der Waals surface area contributed by atoms with Gasteiger partial charge in [-0.25, -0.2) is 0 Å². The van der Waals surface area contributed by atoms with Crippen LogP contribution in [0.25, 0.3) is 0 Å². The van der Waals surface area contributed by atoms with Gasteiger partial charge < -0.3 is 5.32 Å². The lowest BCUT2D eigenvalue weighted by Gasteiger charge is -2.12. The van der Waals surface area contributed by atoms with Crippen molar-refractivity contribution >= 4 is 5.91 Å². The largest absolute Gasteiger partial charge is 0.397 e. The van der Waals surface area contributed by atoms with Crippen molar-refractivity contribution in [1.29, 1.82) is 0 Å². The molecule has 0 aromatic rings. The van der Waals surface area contributed by atoms with Gasteiger partial charge in [0.25, 0.3) is 0 Å². The highest BCUT2D eigenvalue weighted by atomic mass is 19.4. The molecule has 1 N–H and O–H groups in total. The highest BCUT2D eigenvalue weighted by Crippen LogP contribution is 2.34. The number of rotatable bonds is 2. The summed E-state index contributed by atoms with van der Waals surface area (Å²) in [4.78, 5) is 10.7. The number of hydrogen-bond acceptors (Lipinski definition) is 1. The summed E-state index contributed by atoms with van der Waals surface area (Å²) in [6.45, 7) is 1.74. The fourth-order valence-corrected chi connectivity index (χ4v) is 0.875. The molecule has 0 spiro atoms. The third kappa shape index (κ3) is 3.11. The van der Waals surface area contributed by atoms with Crippen molar-refractivity contribution in [2.45, 2.75) is 37.9 Å². The average molecular weight is 181 g/mol. The van der Waals surface area contributed by atoms with Crippen LogP contribution >= 0.6 is 0 Å². The molecule has 1 saturated carbocycles. The summed E-state index contributed by atoms with van der Waals surface area (Å²) < 4.78 is 34.9. The second-order valence-electron chi connectivity index (χ2n) is 3.40. The Morgan fingerprint density at radius 3 is 2.33 bits per heavy atom. The van der Waals surface area contributed by atoms with E-state index in [1.54, 1.807) is 6.92 Å². The van der Waals surface area contributed by atoms with E-state index in [-0.39, 0.29) is 5.54 Å². The minimum Gasteiger partial charge on any atom is -0.351 e. The second kappa shape index (κ2) is 2.64. The maximum atomic E-state index is 11.6. The number of alkyl halides is 3. The molecule has 0 radical (unpaired) electrons. The molecule has 12 heavy (non-hydrogen) atoms. The Morgan fingerprint density at radius 1 is 1.50 bits per heavy atom. The van der Waals surface area contributed by atoms with E-state index in [1.165, 1.54) is 0 Å². The number of hydrogen-bond donors (Lipinski definition) is 1. The quantitative estimate of drug-likeness (QED) is 0.688. The Bertz CT molecular complexity index is 186. The predicted octanol–water partition coefficient (Wildman–Crippen LogP) is 1.61. The first kappa shape index (κ1) is 9.35. The summed E-state index contributed by atoms with van der Waals surface area (Å²) in [7, 11) is 0. The molecule has 0 unspecified atom stereocenters. The molecule has 0 saturated heterocycles. The lowest BCUT2D eigenvalue weighted by Crippen LogP contribution is -2.36. The van der Waals surface area contributed by atoms with E-state index in [2.05, 4.69) is 5.32 Å². The van der Waals surface area contributed by atoms with Crippen molar-refractivity contribution < 1.29 is 18.0 Å². The summed E-state index contributed by atoms with van der Waals surface area (Å²) in [5.74, 6) is -0.928. The SMILES string of the molecule is CC1(NC(=O)CC(F)(F)F)CC1. The number of carbonyl (C=O) groups is 1. The normalized spacial score (nSPS) is 20.3. The smallest absolute Gasteiger partial charge is 0.351 e. The fraction of sp³-hybridized carbons (Fsp3) is 0.857. The summed E-state index contributed by atoms with van der Waals surface area (Å²) in [6.07, 6.45) is -4.22. The molecule has 2 nitrogen and oxygen atoms in total. The number of amides is 1. The zero-order valence-electron chi connectivity index (χ0n) is 6.66. The summed E-state index contributed by atoms with van der Waals surface area (Å²) >= 11 is 0. The lowest BCUT2D eigenvalue weighted by atomic mass is 10.3. The van der Waals surface area contributed by atoms with Gasteiger partial charge in [0.15, 0.2) is 0 Å². The number of carbonyl (C=O) groups excluding carboxylic acids is 1. The van der Waals surface area contributed by atoms with Gasteiger partial charge in [0.2, 0.25) is 5.91 Å². The Labute approximate surface area is 68.1 Å². The van der Waals surface area contributed by atoms with Crippen molar-refractivity contribution in [1.82, 2.24) is 5.32 Å². The molecule has 0 aliphatic heterocycles. The van der Waals surface area contributed by atoms with Crippen LogP contribution in [-0.2, 0) is 4.79 Å². The third-order valence-corrected chi connectivity index (χ3v) is 1.80. The minimum absolute atomic E-state index is 0.359. The maximum absolute atomic E-state index is 11.6. The molecule has 70 valence electrons. The van der Waals surface area contributed by atoms with E-state index in [0.29, 0.717) is 0 Å². The van der Waals surface area contributed by atoms with Crippen LogP contribution in [-0.4, -0.2) is 17.6 Å². The maximum Gasteiger partial charge on any atom is 0.397 e. The van der Waals surface area contributed by atoms with Crippen molar-refractivity contribution in [3.8, 4) is 0 Å². The van der Waals surface area contributed by atoms with Crippen molar-refractivity contribution in [3.05, 3.63) is 0 Å². The van der Waals surface area contributed by atoms with Crippen molar-refractivity contribution in [2.24, 2.45) is 0 Å². The summed E-state index contributed by atoms with van der Waals surface area (Å²) in [6, 6.07) is 0. The van der Waals surface area contributed by atoms with Crippen molar-refractivity contribution in [3.63, 3.8) is 0 Å². The Balaban J connectivity index is 2.30. The Hall–Kier alpha value is -0.740. The van der Waals surface area contributed by atoms with Crippen LogP contribution in [0, 0.1) is 0 Å². The Kier molecular flexibility index (Phi) is 2.06. The first-order valence-electron chi connectivity index (χ1n) is 3.69. The van der Waals surface area contributed by atoms with Crippen LogP contribution in [0.2, 0.25) is 0 Å². The molecular weight excluding hydrogens is 171 g/mol. The fourth-order valence-electron chi connectivity index (χ4n) is 0.875. The van der Waals surface area contributed by atoms with E-state index < -0.39 is 18.5 Å². The molecule has 0 atom stereocenters. The molecule has 1 rings (SSSR count). The molecule has 0 bridgehead atoms. The highest BCUT2D eigenvalue weighted by molar-refractivity contribution is 5.77. The van der Waals surface area contributed by atoms with Gasteiger partial charge in [0.05, 0.1) is 0 Å². The second-order valence-corrected chi connectivity index (χ2v) is 3.40. The zero-order valence-corrected chi connectivity index (χ0v) is 6.66. The van der Waals surface area contributed by atoms with E-state index in [4.69, 9.17) is 0 Å².